The van der Waals surface area contributed by atoms with Crippen LogP contribution in [0.25, 0.3) is 0 Å². The lowest BCUT2D eigenvalue weighted by Crippen LogP contribution is -2.28. The number of nitrogens with zero attached hydrogens (tertiary/aromatic N) is 1. The van der Waals surface area contributed by atoms with Crippen molar-refractivity contribution in [3.8, 4) is 0 Å². The molecule has 110 valence electrons. The molecule has 0 rings (SSSR count). The molecule has 0 atom stereocenters. The van der Waals surface area contributed by atoms with E-state index < -0.39 is 0 Å². The molecule has 0 radical (unpaired) electrons. The molecule has 1 nitrogen and oxygen atoms in total. The van der Waals surface area contributed by atoms with Gasteiger partial charge in [0.05, 0.1) is 0 Å². The van der Waals surface area contributed by atoms with E-state index in [0.717, 1.165) is 5.92 Å². The molecular formula is C17H37N. The van der Waals surface area contributed by atoms with Crippen LogP contribution in [-0.4, -0.2) is 24.5 Å². The predicted molar refractivity (Wildman–Crippen MR) is 84.2 cm³/mol. The van der Waals surface area contributed by atoms with Crippen molar-refractivity contribution in [3.05, 3.63) is 0 Å². The maximum absolute atomic E-state index is 2.71. The molecule has 0 amide bonds. The molecule has 1 heteroatoms. The molecule has 0 unspecified atom stereocenters. The van der Waals surface area contributed by atoms with Gasteiger partial charge < -0.3 is 4.90 Å². The van der Waals surface area contributed by atoms with Gasteiger partial charge in [-0.05, 0) is 44.8 Å². The third kappa shape index (κ3) is 12.4. The zero-order chi connectivity index (χ0) is 13.6. The predicted octanol–water partition coefficient (Wildman–Crippen LogP) is 5.50. The highest BCUT2D eigenvalue weighted by molar-refractivity contribution is 4.60. The number of hydrogen-bond donors (Lipinski definition) is 0. The van der Waals surface area contributed by atoms with Crippen LogP contribution in [0.3, 0.4) is 0 Å². The maximum Gasteiger partial charge on any atom is -0.00163 e. The van der Waals surface area contributed by atoms with Crippen LogP contribution in [0.2, 0.25) is 0 Å². The Labute approximate surface area is 116 Å². The molecule has 0 saturated carbocycles. The zero-order valence-corrected chi connectivity index (χ0v) is 13.5. The van der Waals surface area contributed by atoms with E-state index in [1.165, 1.54) is 77.4 Å². The summed E-state index contributed by atoms with van der Waals surface area (Å²) in [4.78, 5) is 2.71. The molecule has 0 fully saturated rings. The summed E-state index contributed by atoms with van der Waals surface area (Å²) >= 11 is 0. The second kappa shape index (κ2) is 13.4. The van der Waals surface area contributed by atoms with E-state index in [4.69, 9.17) is 0 Å². The van der Waals surface area contributed by atoms with E-state index in [1.54, 1.807) is 0 Å². The number of hydrogen-bond acceptors (Lipinski definition) is 1. The molecule has 0 aromatic heterocycles. The Hall–Kier alpha value is -0.0400. The fourth-order valence-corrected chi connectivity index (χ4v) is 2.30. The van der Waals surface area contributed by atoms with Crippen LogP contribution in [0.15, 0.2) is 0 Å². The normalized spacial score (nSPS) is 11.7. The number of rotatable bonds is 13. The SMILES string of the molecule is CCCCCCN(CCCCCC)CCC(C)C. The second-order valence-corrected chi connectivity index (χ2v) is 6.15. The van der Waals surface area contributed by atoms with E-state index in [9.17, 15) is 0 Å². The van der Waals surface area contributed by atoms with Crippen molar-refractivity contribution in [2.75, 3.05) is 19.6 Å². The average molecular weight is 255 g/mol. The molecule has 18 heavy (non-hydrogen) atoms. The summed E-state index contributed by atoms with van der Waals surface area (Å²) in [7, 11) is 0. The van der Waals surface area contributed by atoms with E-state index in [0.29, 0.717) is 0 Å². The smallest absolute Gasteiger partial charge is 0.00163 e. The van der Waals surface area contributed by atoms with Crippen LogP contribution in [0.4, 0.5) is 0 Å². The molecule has 0 aromatic rings. The number of unbranched alkanes of at least 4 members (excludes halogenated alkanes) is 6. The first-order valence-corrected chi connectivity index (χ1v) is 8.43. The Morgan fingerprint density at radius 2 is 1.17 bits per heavy atom. The van der Waals surface area contributed by atoms with E-state index in [1.807, 2.05) is 0 Å². The van der Waals surface area contributed by atoms with Crippen molar-refractivity contribution in [1.82, 2.24) is 4.90 Å². The highest BCUT2D eigenvalue weighted by Crippen LogP contribution is 2.08. The van der Waals surface area contributed by atoms with E-state index in [-0.39, 0.29) is 0 Å². The minimum absolute atomic E-state index is 0.846. The van der Waals surface area contributed by atoms with Crippen molar-refractivity contribution in [2.45, 2.75) is 85.5 Å². The molecule has 0 heterocycles. The lowest BCUT2D eigenvalue weighted by Gasteiger charge is -2.23. The lowest BCUT2D eigenvalue weighted by atomic mass is 10.1. The molecule has 0 aliphatic heterocycles. The summed E-state index contributed by atoms with van der Waals surface area (Å²) in [5, 5.41) is 0. The van der Waals surface area contributed by atoms with Crippen molar-refractivity contribution in [2.24, 2.45) is 5.92 Å². The lowest BCUT2D eigenvalue weighted by molar-refractivity contribution is 0.246. The first kappa shape index (κ1) is 18.0. The van der Waals surface area contributed by atoms with Crippen LogP contribution < -0.4 is 0 Å². The Morgan fingerprint density at radius 1 is 0.667 bits per heavy atom. The van der Waals surface area contributed by atoms with Crippen molar-refractivity contribution in [1.29, 1.82) is 0 Å². The molecule has 0 spiro atoms. The van der Waals surface area contributed by atoms with E-state index in [2.05, 4.69) is 32.6 Å². The highest BCUT2D eigenvalue weighted by atomic mass is 15.1. The van der Waals surface area contributed by atoms with Gasteiger partial charge in [-0.2, -0.15) is 0 Å². The van der Waals surface area contributed by atoms with Gasteiger partial charge in [-0.1, -0.05) is 66.2 Å². The largest absolute Gasteiger partial charge is 0.303 e. The Morgan fingerprint density at radius 3 is 1.56 bits per heavy atom. The van der Waals surface area contributed by atoms with Crippen molar-refractivity contribution in [3.63, 3.8) is 0 Å². The quantitative estimate of drug-likeness (QED) is 0.393. The Balaban J connectivity index is 3.69. The molecule has 0 N–H and O–H groups in total. The van der Waals surface area contributed by atoms with Gasteiger partial charge in [0.1, 0.15) is 0 Å². The second-order valence-electron chi connectivity index (χ2n) is 6.15. The van der Waals surface area contributed by atoms with Crippen molar-refractivity contribution >= 4 is 0 Å². The van der Waals surface area contributed by atoms with Crippen LogP contribution in [0.1, 0.15) is 85.5 Å². The first-order chi connectivity index (χ1) is 8.70. The van der Waals surface area contributed by atoms with Gasteiger partial charge in [-0.3, -0.25) is 0 Å². The maximum atomic E-state index is 2.71. The summed E-state index contributed by atoms with van der Waals surface area (Å²) in [6, 6.07) is 0. The van der Waals surface area contributed by atoms with E-state index >= 15 is 0 Å². The fraction of sp³-hybridized carbons (Fsp3) is 1.00. The molecular weight excluding hydrogens is 218 g/mol. The molecule has 0 saturated heterocycles. The first-order valence-electron chi connectivity index (χ1n) is 8.43. The molecule has 0 aliphatic rings. The molecule has 0 aliphatic carbocycles. The summed E-state index contributed by atoms with van der Waals surface area (Å²) in [6.45, 7) is 13.2. The monoisotopic (exact) mass is 255 g/mol. The van der Waals surface area contributed by atoms with Gasteiger partial charge in [0.2, 0.25) is 0 Å². The van der Waals surface area contributed by atoms with Crippen LogP contribution >= 0.6 is 0 Å². The zero-order valence-electron chi connectivity index (χ0n) is 13.5. The average Bonchev–Trinajstić information content (AvgIpc) is 2.35. The van der Waals surface area contributed by atoms with Crippen LogP contribution in [-0.2, 0) is 0 Å². The fourth-order valence-electron chi connectivity index (χ4n) is 2.30. The van der Waals surface area contributed by atoms with Crippen molar-refractivity contribution < 1.29 is 0 Å². The minimum atomic E-state index is 0.846. The van der Waals surface area contributed by atoms with Gasteiger partial charge in [-0.25, -0.2) is 0 Å². The summed E-state index contributed by atoms with van der Waals surface area (Å²) < 4.78 is 0. The van der Waals surface area contributed by atoms with Gasteiger partial charge in [0.15, 0.2) is 0 Å². The summed E-state index contributed by atoms with van der Waals surface area (Å²) in [6.07, 6.45) is 12.5. The van der Waals surface area contributed by atoms with Crippen LogP contribution in [0, 0.1) is 5.92 Å². The summed E-state index contributed by atoms with van der Waals surface area (Å²) in [5.74, 6) is 0.846. The van der Waals surface area contributed by atoms with Gasteiger partial charge in [0, 0.05) is 0 Å². The summed E-state index contributed by atoms with van der Waals surface area (Å²) in [5.41, 5.74) is 0. The molecule has 0 aromatic carbocycles. The molecule has 0 bridgehead atoms. The van der Waals surface area contributed by atoms with Gasteiger partial charge >= 0.3 is 0 Å². The standard InChI is InChI=1S/C17H37N/c1-5-7-9-11-14-18(16-13-17(3)4)15-12-10-8-6-2/h17H,5-16H2,1-4H3. The third-order valence-corrected chi connectivity index (χ3v) is 3.68. The Bertz CT molecular complexity index is 142. The van der Waals surface area contributed by atoms with Gasteiger partial charge in [-0.15, -0.1) is 0 Å². The topological polar surface area (TPSA) is 3.24 Å². The van der Waals surface area contributed by atoms with Crippen LogP contribution in [0.5, 0.6) is 0 Å². The Kier molecular flexibility index (Phi) is 13.4. The minimum Gasteiger partial charge on any atom is -0.303 e. The van der Waals surface area contributed by atoms with Gasteiger partial charge in [0.25, 0.3) is 0 Å². The third-order valence-electron chi connectivity index (χ3n) is 3.68. The highest BCUT2D eigenvalue weighted by Gasteiger charge is 2.05.